The third-order valence-corrected chi connectivity index (χ3v) is 3.76. The number of tetrazole rings is 1. The highest BCUT2D eigenvalue weighted by Gasteiger charge is 2.10. The summed E-state index contributed by atoms with van der Waals surface area (Å²) < 4.78 is 5.26. The summed E-state index contributed by atoms with van der Waals surface area (Å²) in [6.07, 6.45) is 0.822. The molecule has 1 aromatic carbocycles. The largest absolute Gasteiger partial charge is 0.361 e. The molecule has 0 atom stereocenters. The Kier molecular flexibility index (Phi) is 5.80. The number of benzene rings is 1. The van der Waals surface area contributed by atoms with E-state index in [-0.39, 0.29) is 6.03 Å². The minimum atomic E-state index is -0.328. The standard InChI is InChI=1S/C18H23N7O2/c1-4-25-22-17(21-24-25)13-6-5-7-14(9-13)20-18(26)19-11-15-10-16(27-23-15)8-12(2)3/h5-7,9-10,12H,4,8,11H2,1-3H3,(H2,19,20,26). The highest BCUT2D eigenvalue weighted by Crippen LogP contribution is 2.18. The predicted octanol–water partition coefficient (Wildman–Crippen LogP) is 2.87. The maximum Gasteiger partial charge on any atom is 0.319 e. The molecule has 2 amide bonds. The molecule has 0 radical (unpaired) electrons. The van der Waals surface area contributed by atoms with E-state index in [2.05, 4.69) is 45.0 Å². The number of amides is 2. The van der Waals surface area contributed by atoms with Crippen LogP contribution in [0.3, 0.4) is 0 Å². The van der Waals surface area contributed by atoms with Crippen LogP contribution in [0.2, 0.25) is 0 Å². The molecule has 142 valence electrons. The number of aryl methyl sites for hydroxylation is 1. The summed E-state index contributed by atoms with van der Waals surface area (Å²) in [5.74, 6) is 1.83. The van der Waals surface area contributed by atoms with Crippen LogP contribution >= 0.6 is 0 Å². The quantitative estimate of drug-likeness (QED) is 0.662. The molecular weight excluding hydrogens is 346 g/mol. The van der Waals surface area contributed by atoms with Crippen molar-refractivity contribution in [1.29, 1.82) is 0 Å². The lowest BCUT2D eigenvalue weighted by Crippen LogP contribution is -2.28. The first-order valence-electron chi connectivity index (χ1n) is 8.91. The summed E-state index contributed by atoms with van der Waals surface area (Å²) in [6, 6.07) is 8.83. The second kappa shape index (κ2) is 8.43. The summed E-state index contributed by atoms with van der Waals surface area (Å²) in [5.41, 5.74) is 2.11. The number of carbonyl (C=O) groups excluding carboxylic acids is 1. The molecule has 2 aromatic heterocycles. The zero-order chi connectivity index (χ0) is 19.2. The zero-order valence-corrected chi connectivity index (χ0v) is 15.6. The second-order valence-corrected chi connectivity index (χ2v) is 6.57. The smallest absolute Gasteiger partial charge is 0.319 e. The lowest BCUT2D eigenvalue weighted by Gasteiger charge is -2.07. The first-order chi connectivity index (χ1) is 13.0. The molecule has 2 heterocycles. The van der Waals surface area contributed by atoms with Crippen molar-refractivity contribution >= 4 is 11.7 Å². The first kappa shape index (κ1) is 18.6. The van der Waals surface area contributed by atoms with E-state index in [0.29, 0.717) is 36.2 Å². The Morgan fingerprint density at radius 2 is 2.15 bits per heavy atom. The second-order valence-electron chi connectivity index (χ2n) is 6.57. The topological polar surface area (TPSA) is 111 Å². The van der Waals surface area contributed by atoms with Gasteiger partial charge in [0.15, 0.2) is 0 Å². The van der Waals surface area contributed by atoms with Gasteiger partial charge in [0.1, 0.15) is 11.5 Å². The minimum Gasteiger partial charge on any atom is -0.361 e. The molecule has 0 bridgehead atoms. The van der Waals surface area contributed by atoms with Crippen molar-refractivity contribution in [2.45, 2.75) is 40.3 Å². The normalized spacial score (nSPS) is 11.0. The Morgan fingerprint density at radius 1 is 1.30 bits per heavy atom. The molecule has 9 heteroatoms. The number of hydrogen-bond donors (Lipinski definition) is 2. The van der Waals surface area contributed by atoms with Gasteiger partial charge < -0.3 is 15.2 Å². The Labute approximate surface area is 157 Å². The fraction of sp³-hybridized carbons (Fsp3) is 0.389. The van der Waals surface area contributed by atoms with Gasteiger partial charge in [-0.25, -0.2) is 4.79 Å². The van der Waals surface area contributed by atoms with E-state index in [0.717, 1.165) is 17.7 Å². The fourth-order valence-corrected chi connectivity index (χ4v) is 2.51. The number of carbonyl (C=O) groups is 1. The summed E-state index contributed by atoms with van der Waals surface area (Å²) in [6.45, 7) is 7.10. The highest BCUT2D eigenvalue weighted by atomic mass is 16.5. The van der Waals surface area contributed by atoms with Crippen molar-refractivity contribution < 1.29 is 9.32 Å². The van der Waals surface area contributed by atoms with Gasteiger partial charge in [-0.3, -0.25) is 0 Å². The molecule has 0 aliphatic carbocycles. The van der Waals surface area contributed by atoms with Crippen molar-refractivity contribution in [1.82, 2.24) is 30.7 Å². The van der Waals surface area contributed by atoms with Gasteiger partial charge in [-0.2, -0.15) is 4.80 Å². The molecular formula is C18H23N7O2. The third kappa shape index (κ3) is 5.13. The number of urea groups is 1. The number of nitrogens with one attached hydrogen (secondary N) is 2. The summed E-state index contributed by atoms with van der Waals surface area (Å²) in [4.78, 5) is 13.6. The molecule has 0 aliphatic heterocycles. The molecule has 3 rings (SSSR count). The van der Waals surface area contributed by atoms with Crippen molar-refractivity contribution in [2.75, 3.05) is 5.32 Å². The van der Waals surface area contributed by atoms with E-state index in [9.17, 15) is 4.79 Å². The number of hydrogen-bond acceptors (Lipinski definition) is 6. The maximum atomic E-state index is 12.1. The number of rotatable bonds is 7. The highest BCUT2D eigenvalue weighted by molar-refractivity contribution is 5.89. The molecule has 0 spiro atoms. The lowest BCUT2D eigenvalue weighted by atomic mass is 10.1. The minimum absolute atomic E-state index is 0.291. The first-order valence-corrected chi connectivity index (χ1v) is 8.91. The van der Waals surface area contributed by atoms with Crippen LogP contribution in [0.1, 0.15) is 32.2 Å². The third-order valence-electron chi connectivity index (χ3n) is 3.76. The van der Waals surface area contributed by atoms with Crippen LogP contribution in [0, 0.1) is 5.92 Å². The molecule has 27 heavy (non-hydrogen) atoms. The Morgan fingerprint density at radius 3 is 2.89 bits per heavy atom. The maximum absolute atomic E-state index is 12.1. The van der Waals surface area contributed by atoms with E-state index in [1.807, 2.05) is 25.1 Å². The van der Waals surface area contributed by atoms with Crippen LogP contribution in [0.5, 0.6) is 0 Å². The molecule has 0 aliphatic rings. The van der Waals surface area contributed by atoms with E-state index in [1.54, 1.807) is 12.1 Å². The fourth-order valence-electron chi connectivity index (χ4n) is 2.51. The summed E-state index contributed by atoms with van der Waals surface area (Å²) >= 11 is 0. The van der Waals surface area contributed by atoms with Crippen molar-refractivity contribution in [3.05, 3.63) is 41.8 Å². The van der Waals surface area contributed by atoms with Crippen LogP contribution in [0.25, 0.3) is 11.4 Å². The van der Waals surface area contributed by atoms with E-state index < -0.39 is 0 Å². The van der Waals surface area contributed by atoms with Crippen LogP contribution in [-0.2, 0) is 19.5 Å². The summed E-state index contributed by atoms with van der Waals surface area (Å²) in [5, 5.41) is 21.7. The van der Waals surface area contributed by atoms with Gasteiger partial charge in [-0.15, -0.1) is 10.2 Å². The van der Waals surface area contributed by atoms with Gasteiger partial charge in [-0.1, -0.05) is 31.1 Å². The van der Waals surface area contributed by atoms with Crippen molar-refractivity contribution in [3.63, 3.8) is 0 Å². The van der Waals surface area contributed by atoms with E-state index >= 15 is 0 Å². The van der Waals surface area contributed by atoms with Crippen LogP contribution in [0.4, 0.5) is 10.5 Å². The van der Waals surface area contributed by atoms with Crippen molar-refractivity contribution in [3.8, 4) is 11.4 Å². The molecule has 9 nitrogen and oxygen atoms in total. The monoisotopic (exact) mass is 369 g/mol. The van der Waals surface area contributed by atoms with Gasteiger partial charge in [-0.05, 0) is 30.2 Å². The molecule has 3 aromatic rings. The SMILES string of the molecule is CCn1nnc(-c2cccc(NC(=O)NCc3cc(CC(C)C)on3)c2)n1. The number of nitrogens with zero attached hydrogens (tertiary/aromatic N) is 5. The Hall–Kier alpha value is -3.23. The Bertz CT molecular complexity index is 901. The average molecular weight is 369 g/mol. The Balaban J connectivity index is 1.56. The number of anilines is 1. The zero-order valence-electron chi connectivity index (χ0n) is 15.6. The van der Waals surface area contributed by atoms with Crippen LogP contribution in [-0.4, -0.2) is 31.4 Å². The van der Waals surface area contributed by atoms with Crippen LogP contribution in [0.15, 0.2) is 34.9 Å². The number of aromatic nitrogens is 5. The summed E-state index contributed by atoms with van der Waals surface area (Å²) in [7, 11) is 0. The van der Waals surface area contributed by atoms with Gasteiger partial charge in [0, 0.05) is 23.7 Å². The van der Waals surface area contributed by atoms with Gasteiger partial charge in [0.05, 0.1) is 13.1 Å². The van der Waals surface area contributed by atoms with Crippen LogP contribution < -0.4 is 10.6 Å². The average Bonchev–Trinajstić information content (AvgIpc) is 3.29. The van der Waals surface area contributed by atoms with E-state index in [4.69, 9.17) is 4.52 Å². The van der Waals surface area contributed by atoms with Crippen molar-refractivity contribution in [2.24, 2.45) is 5.92 Å². The van der Waals surface area contributed by atoms with Gasteiger partial charge >= 0.3 is 6.03 Å². The van der Waals surface area contributed by atoms with E-state index in [1.165, 1.54) is 4.80 Å². The predicted molar refractivity (Wildman–Crippen MR) is 99.8 cm³/mol. The molecule has 0 fully saturated rings. The molecule has 0 saturated carbocycles. The molecule has 0 saturated heterocycles. The van der Waals surface area contributed by atoms with Gasteiger partial charge in [0.2, 0.25) is 5.82 Å². The lowest BCUT2D eigenvalue weighted by molar-refractivity contribution is 0.251. The molecule has 2 N–H and O–H groups in total. The molecule has 0 unspecified atom stereocenters. The van der Waals surface area contributed by atoms with Gasteiger partial charge in [0.25, 0.3) is 0 Å².